The third-order valence-corrected chi connectivity index (χ3v) is 2.20. The summed E-state index contributed by atoms with van der Waals surface area (Å²) in [5, 5.41) is 18.9. The lowest BCUT2D eigenvalue weighted by atomic mass is 9.94. The van der Waals surface area contributed by atoms with Crippen molar-refractivity contribution in [2.24, 2.45) is 5.92 Å². The number of rotatable bonds is 5. The Labute approximate surface area is 83.7 Å². The van der Waals surface area contributed by atoms with E-state index < -0.39 is 6.10 Å². The van der Waals surface area contributed by atoms with Crippen molar-refractivity contribution in [1.82, 2.24) is 4.98 Å². The van der Waals surface area contributed by atoms with Gasteiger partial charge in [-0.1, -0.05) is 6.08 Å². The quantitative estimate of drug-likeness (QED) is 0.693. The van der Waals surface area contributed by atoms with Crippen LogP contribution in [0.2, 0.25) is 0 Å². The average molecular weight is 193 g/mol. The lowest BCUT2D eigenvalue weighted by molar-refractivity contribution is 0.0683. The van der Waals surface area contributed by atoms with Gasteiger partial charge < -0.3 is 10.2 Å². The van der Waals surface area contributed by atoms with Gasteiger partial charge >= 0.3 is 0 Å². The molecule has 0 aliphatic carbocycles. The first-order chi connectivity index (χ1) is 6.79. The fourth-order valence-electron chi connectivity index (χ4n) is 1.35. The average Bonchev–Trinajstić information content (AvgIpc) is 2.26. The van der Waals surface area contributed by atoms with Gasteiger partial charge in [-0.2, -0.15) is 0 Å². The molecule has 3 heteroatoms. The molecule has 0 saturated carbocycles. The molecule has 2 N–H and O–H groups in total. The Morgan fingerprint density at radius 2 is 2.07 bits per heavy atom. The molecule has 0 saturated heterocycles. The van der Waals surface area contributed by atoms with Crippen molar-refractivity contribution >= 4 is 0 Å². The smallest absolute Gasteiger partial charge is 0.0844 e. The highest BCUT2D eigenvalue weighted by Crippen LogP contribution is 2.23. The van der Waals surface area contributed by atoms with Gasteiger partial charge in [0.15, 0.2) is 0 Å². The molecule has 0 aliphatic heterocycles. The van der Waals surface area contributed by atoms with E-state index in [0.29, 0.717) is 6.42 Å². The lowest BCUT2D eigenvalue weighted by Gasteiger charge is -2.19. The van der Waals surface area contributed by atoms with E-state index in [-0.39, 0.29) is 12.5 Å². The number of hydrogen-bond acceptors (Lipinski definition) is 3. The minimum Gasteiger partial charge on any atom is -0.396 e. The highest BCUT2D eigenvalue weighted by molar-refractivity contribution is 5.14. The van der Waals surface area contributed by atoms with Crippen molar-refractivity contribution in [3.8, 4) is 0 Å². The topological polar surface area (TPSA) is 53.4 Å². The van der Waals surface area contributed by atoms with Crippen LogP contribution in [0.4, 0.5) is 0 Å². The fourth-order valence-corrected chi connectivity index (χ4v) is 1.35. The summed E-state index contributed by atoms with van der Waals surface area (Å²) in [4.78, 5) is 3.87. The van der Waals surface area contributed by atoms with Crippen molar-refractivity contribution in [1.29, 1.82) is 0 Å². The monoisotopic (exact) mass is 193 g/mol. The lowest BCUT2D eigenvalue weighted by Crippen LogP contribution is -2.15. The number of hydrogen-bond donors (Lipinski definition) is 2. The van der Waals surface area contributed by atoms with E-state index in [4.69, 9.17) is 5.11 Å². The third kappa shape index (κ3) is 2.65. The van der Waals surface area contributed by atoms with Crippen LogP contribution in [0.15, 0.2) is 37.2 Å². The van der Waals surface area contributed by atoms with Gasteiger partial charge in [0.25, 0.3) is 0 Å². The first kappa shape index (κ1) is 10.9. The molecule has 2 atom stereocenters. The van der Waals surface area contributed by atoms with Crippen LogP contribution in [0, 0.1) is 5.92 Å². The molecule has 1 aromatic heterocycles. The number of allylic oxidation sites excluding steroid dienone is 1. The van der Waals surface area contributed by atoms with Crippen molar-refractivity contribution in [3.63, 3.8) is 0 Å². The maximum Gasteiger partial charge on any atom is 0.0844 e. The van der Waals surface area contributed by atoms with Crippen molar-refractivity contribution < 1.29 is 10.2 Å². The summed E-state index contributed by atoms with van der Waals surface area (Å²) in [5.74, 6) is -0.185. The molecule has 14 heavy (non-hydrogen) atoms. The van der Waals surface area contributed by atoms with Crippen LogP contribution in [0.1, 0.15) is 18.1 Å². The summed E-state index contributed by atoms with van der Waals surface area (Å²) in [6, 6.07) is 3.49. The Hall–Kier alpha value is -1.19. The molecule has 76 valence electrons. The van der Waals surface area contributed by atoms with Gasteiger partial charge in [-0.25, -0.2) is 0 Å². The summed E-state index contributed by atoms with van der Waals surface area (Å²) in [7, 11) is 0. The van der Waals surface area contributed by atoms with Crippen LogP contribution < -0.4 is 0 Å². The minimum absolute atomic E-state index is 0.0461. The molecule has 0 amide bonds. The number of aliphatic hydroxyl groups is 2. The van der Waals surface area contributed by atoms with Crippen LogP contribution in [-0.2, 0) is 0 Å². The Bertz CT molecular complexity index is 274. The second-order valence-electron chi connectivity index (χ2n) is 3.19. The van der Waals surface area contributed by atoms with Gasteiger partial charge in [0.2, 0.25) is 0 Å². The molecule has 1 heterocycles. The van der Waals surface area contributed by atoms with Crippen LogP contribution in [0.5, 0.6) is 0 Å². The summed E-state index contributed by atoms with van der Waals surface area (Å²) < 4.78 is 0. The van der Waals surface area contributed by atoms with Crippen molar-refractivity contribution in [3.05, 3.63) is 42.7 Å². The molecular weight excluding hydrogens is 178 g/mol. The predicted octanol–water partition coefficient (Wildman–Crippen LogP) is 1.30. The van der Waals surface area contributed by atoms with E-state index in [0.717, 1.165) is 5.56 Å². The summed E-state index contributed by atoms with van der Waals surface area (Å²) in [6.45, 7) is 3.54. The van der Waals surface area contributed by atoms with E-state index in [1.165, 1.54) is 0 Å². The molecule has 1 aromatic rings. The predicted molar refractivity (Wildman–Crippen MR) is 54.6 cm³/mol. The first-order valence-corrected chi connectivity index (χ1v) is 4.59. The van der Waals surface area contributed by atoms with Gasteiger partial charge in [-0.3, -0.25) is 4.98 Å². The second-order valence-corrected chi connectivity index (χ2v) is 3.19. The van der Waals surface area contributed by atoms with Gasteiger partial charge in [-0.15, -0.1) is 6.58 Å². The molecule has 0 fully saturated rings. The van der Waals surface area contributed by atoms with Gasteiger partial charge in [-0.05, 0) is 24.1 Å². The second kappa shape index (κ2) is 5.52. The zero-order valence-electron chi connectivity index (χ0n) is 8.00. The van der Waals surface area contributed by atoms with Crippen LogP contribution >= 0.6 is 0 Å². The highest BCUT2D eigenvalue weighted by atomic mass is 16.3. The van der Waals surface area contributed by atoms with Crippen molar-refractivity contribution in [2.75, 3.05) is 6.61 Å². The molecule has 2 unspecified atom stereocenters. The van der Waals surface area contributed by atoms with Gasteiger partial charge in [0, 0.05) is 24.9 Å². The fraction of sp³-hybridized carbons (Fsp3) is 0.364. The normalized spacial score (nSPS) is 14.7. The van der Waals surface area contributed by atoms with Crippen LogP contribution in [0.3, 0.4) is 0 Å². The first-order valence-electron chi connectivity index (χ1n) is 4.59. The van der Waals surface area contributed by atoms with Gasteiger partial charge in [0.1, 0.15) is 0 Å². The minimum atomic E-state index is -0.652. The van der Waals surface area contributed by atoms with E-state index in [1.54, 1.807) is 30.6 Å². The zero-order chi connectivity index (χ0) is 10.4. The van der Waals surface area contributed by atoms with Crippen LogP contribution in [-0.4, -0.2) is 21.8 Å². The van der Waals surface area contributed by atoms with E-state index >= 15 is 0 Å². The summed E-state index contributed by atoms with van der Waals surface area (Å²) in [5.41, 5.74) is 0.779. The number of aliphatic hydroxyl groups excluding tert-OH is 2. The van der Waals surface area contributed by atoms with Crippen molar-refractivity contribution in [2.45, 2.75) is 12.5 Å². The molecule has 0 bridgehead atoms. The molecule has 0 aliphatic rings. The van der Waals surface area contributed by atoms with E-state index in [2.05, 4.69) is 11.6 Å². The number of aromatic nitrogens is 1. The van der Waals surface area contributed by atoms with E-state index in [1.807, 2.05) is 0 Å². The maximum atomic E-state index is 9.88. The maximum absolute atomic E-state index is 9.88. The van der Waals surface area contributed by atoms with Crippen LogP contribution in [0.25, 0.3) is 0 Å². The molecule has 3 nitrogen and oxygen atoms in total. The molecule has 0 spiro atoms. The Kier molecular flexibility index (Phi) is 4.29. The largest absolute Gasteiger partial charge is 0.396 e. The Morgan fingerprint density at radius 1 is 1.43 bits per heavy atom. The standard InChI is InChI=1S/C11H15NO2/c1-2-3-10(8-13)11(14)9-4-6-12-7-5-9/h2,4-7,10-11,13-14H,1,3,8H2. The van der Waals surface area contributed by atoms with Gasteiger partial charge in [0.05, 0.1) is 6.10 Å². The zero-order valence-corrected chi connectivity index (χ0v) is 8.00. The number of pyridine rings is 1. The summed E-state index contributed by atoms with van der Waals surface area (Å²) in [6.07, 6.45) is 4.90. The third-order valence-electron chi connectivity index (χ3n) is 2.20. The molecular formula is C11H15NO2. The highest BCUT2D eigenvalue weighted by Gasteiger charge is 2.18. The molecule has 0 radical (unpaired) electrons. The van der Waals surface area contributed by atoms with E-state index in [9.17, 15) is 5.11 Å². The molecule has 0 aromatic carbocycles. The summed E-state index contributed by atoms with van der Waals surface area (Å²) >= 11 is 0. The number of nitrogens with zero attached hydrogens (tertiary/aromatic N) is 1. The SMILES string of the molecule is C=CCC(CO)C(O)c1ccncc1. The molecule has 1 rings (SSSR count). The Morgan fingerprint density at radius 3 is 2.57 bits per heavy atom. The Balaban J connectivity index is 2.72.